The standard InChI is InChI=1S/C15H15F3N2O5S/c16-15(17,18)11-2-1-3-12(10-11)26(24,25)20-8-6-19(7-9-20)13(21)4-5-14(22)23/h1-5,10H,6-9H2,(H,22,23)/b5-4+. The first-order valence-corrected chi connectivity index (χ1v) is 8.83. The van der Waals surface area contributed by atoms with E-state index in [9.17, 15) is 31.2 Å². The number of aliphatic carboxylic acids is 1. The summed E-state index contributed by atoms with van der Waals surface area (Å²) in [5, 5.41) is 8.49. The van der Waals surface area contributed by atoms with Gasteiger partial charge in [0.25, 0.3) is 0 Å². The molecule has 1 heterocycles. The van der Waals surface area contributed by atoms with Crippen LogP contribution in [0, 0.1) is 0 Å². The van der Waals surface area contributed by atoms with Crippen LogP contribution in [0.4, 0.5) is 13.2 Å². The van der Waals surface area contributed by atoms with Crippen LogP contribution in [0.3, 0.4) is 0 Å². The van der Waals surface area contributed by atoms with Gasteiger partial charge in [0.1, 0.15) is 0 Å². The van der Waals surface area contributed by atoms with Crippen molar-refractivity contribution >= 4 is 21.9 Å². The third-order valence-corrected chi connectivity index (χ3v) is 5.61. The van der Waals surface area contributed by atoms with Crippen molar-refractivity contribution in [2.24, 2.45) is 0 Å². The molecule has 1 aliphatic heterocycles. The van der Waals surface area contributed by atoms with Gasteiger partial charge in [0, 0.05) is 38.3 Å². The van der Waals surface area contributed by atoms with E-state index in [2.05, 4.69) is 0 Å². The fraction of sp³-hybridized carbons (Fsp3) is 0.333. The average molecular weight is 392 g/mol. The topological polar surface area (TPSA) is 95.0 Å². The Hall–Kier alpha value is -2.40. The lowest BCUT2D eigenvalue weighted by atomic mass is 10.2. The SMILES string of the molecule is O=C(O)/C=C/C(=O)N1CCN(S(=O)(=O)c2cccc(C(F)(F)F)c2)CC1. The molecular weight excluding hydrogens is 377 g/mol. The Balaban J connectivity index is 2.11. The van der Waals surface area contributed by atoms with Gasteiger partial charge in [-0.05, 0) is 18.2 Å². The molecule has 11 heteroatoms. The van der Waals surface area contributed by atoms with Crippen LogP contribution in [0.25, 0.3) is 0 Å². The van der Waals surface area contributed by atoms with Gasteiger partial charge >= 0.3 is 12.1 Å². The number of benzene rings is 1. The van der Waals surface area contributed by atoms with Crippen LogP contribution in [0.5, 0.6) is 0 Å². The van der Waals surface area contributed by atoms with E-state index in [0.717, 1.165) is 28.6 Å². The number of hydrogen-bond donors (Lipinski definition) is 1. The molecule has 0 aliphatic carbocycles. The summed E-state index contributed by atoms with van der Waals surface area (Å²) in [6.07, 6.45) is -3.12. The third kappa shape index (κ3) is 4.61. The average Bonchev–Trinajstić information content (AvgIpc) is 2.59. The highest BCUT2D eigenvalue weighted by atomic mass is 32.2. The first-order valence-electron chi connectivity index (χ1n) is 7.39. The van der Waals surface area contributed by atoms with Crippen molar-refractivity contribution in [3.63, 3.8) is 0 Å². The molecule has 7 nitrogen and oxygen atoms in total. The van der Waals surface area contributed by atoms with Gasteiger partial charge in [-0.1, -0.05) is 6.07 Å². The number of carboxylic acids is 1. The molecule has 1 fully saturated rings. The van der Waals surface area contributed by atoms with Crippen molar-refractivity contribution in [2.75, 3.05) is 26.2 Å². The quantitative estimate of drug-likeness (QED) is 0.777. The molecule has 1 saturated heterocycles. The Morgan fingerprint density at radius 1 is 1.08 bits per heavy atom. The van der Waals surface area contributed by atoms with E-state index in [1.54, 1.807) is 0 Å². The van der Waals surface area contributed by atoms with Gasteiger partial charge in [-0.25, -0.2) is 13.2 Å². The smallest absolute Gasteiger partial charge is 0.416 e. The summed E-state index contributed by atoms with van der Waals surface area (Å²) < 4.78 is 64.3. The number of nitrogens with zero attached hydrogens (tertiary/aromatic N) is 2. The molecule has 1 aliphatic rings. The van der Waals surface area contributed by atoms with Gasteiger partial charge in [-0.2, -0.15) is 17.5 Å². The van der Waals surface area contributed by atoms with Gasteiger partial charge < -0.3 is 10.0 Å². The van der Waals surface area contributed by atoms with Gasteiger partial charge in [-0.15, -0.1) is 0 Å². The molecule has 1 aromatic rings. The summed E-state index contributed by atoms with van der Waals surface area (Å²) in [6, 6.07) is 3.46. The van der Waals surface area contributed by atoms with Crippen LogP contribution in [0.15, 0.2) is 41.3 Å². The van der Waals surface area contributed by atoms with Gasteiger partial charge in [0.15, 0.2) is 0 Å². The predicted molar refractivity (Wildman–Crippen MR) is 83.6 cm³/mol. The zero-order valence-electron chi connectivity index (χ0n) is 13.3. The lowest BCUT2D eigenvalue weighted by Crippen LogP contribution is -2.50. The predicted octanol–water partition coefficient (Wildman–Crippen LogP) is 1.18. The second-order valence-corrected chi connectivity index (χ2v) is 7.36. The largest absolute Gasteiger partial charge is 0.478 e. The number of alkyl halides is 3. The lowest BCUT2D eigenvalue weighted by Gasteiger charge is -2.33. The van der Waals surface area contributed by atoms with Crippen LogP contribution >= 0.6 is 0 Å². The molecule has 0 spiro atoms. The fourth-order valence-corrected chi connectivity index (χ4v) is 3.85. The van der Waals surface area contributed by atoms with Crippen LogP contribution in [-0.2, 0) is 25.8 Å². The van der Waals surface area contributed by atoms with E-state index in [4.69, 9.17) is 5.11 Å². The Morgan fingerprint density at radius 3 is 2.23 bits per heavy atom. The van der Waals surface area contributed by atoms with Crippen molar-refractivity contribution < 1.29 is 36.3 Å². The van der Waals surface area contributed by atoms with Crippen molar-refractivity contribution in [3.8, 4) is 0 Å². The Morgan fingerprint density at radius 2 is 1.69 bits per heavy atom. The summed E-state index contributed by atoms with van der Waals surface area (Å²) in [6.45, 7) is -0.210. The third-order valence-electron chi connectivity index (χ3n) is 3.72. The van der Waals surface area contributed by atoms with Crippen molar-refractivity contribution in [2.45, 2.75) is 11.1 Å². The second-order valence-electron chi connectivity index (χ2n) is 5.43. The van der Waals surface area contributed by atoms with Crippen LogP contribution < -0.4 is 0 Å². The number of carboxylic acid groups (broad SMARTS) is 1. The minimum Gasteiger partial charge on any atom is -0.478 e. The van der Waals surface area contributed by atoms with E-state index in [1.165, 1.54) is 4.90 Å². The highest BCUT2D eigenvalue weighted by molar-refractivity contribution is 7.89. The summed E-state index contributed by atoms with van der Waals surface area (Å²) in [5.74, 6) is -1.87. The zero-order valence-corrected chi connectivity index (χ0v) is 14.1. The zero-order chi connectivity index (χ0) is 19.5. The number of sulfonamides is 1. The molecule has 0 saturated carbocycles. The first-order chi connectivity index (χ1) is 12.0. The number of amides is 1. The number of carbonyl (C=O) groups is 2. The van der Waals surface area contributed by atoms with E-state index in [0.29, 0.717) is 12.1 Å². The Bertz CT molecular complexity index is 828. The number of carbonyl (C=O) groups excluding carboxylic acids is 1. The van der Waals surface area contributed by atoms with E-state index >= 15 is 0 Å². The summed E-state index contributed by atoms with van der Waals surface area (Å²) in [4.78, 5) is 23.0. The second kappa shape index (κ2) is 7.46. The van der Waals surface area contributed by atoms with Gasteiger partial charge in [0.2, 0.25) is 15.9 Å². The fourth-order valence-electron chi connectivity index (χ4n) is 2.38. The molecule has 0 unspecified atom stereocenters. The number of hydrogen-bond acceptors (Lipinski definition) is 4. The monoisotopic (exact) mass is 392 g/mol. The van der Waals surface area contributed by atoms with Crippen molar-refractivity contribution in [3.05, 3.63) is 42.0 Å². The normalized spacial score (nSPS) is 16.8. The molecule has 142 valence electrons. The van der Waals surface area contributed by atoms with Crippen LogP contribution in [-0.4, -0.2) is 60.8 Å². The number of rotatable bonds is 4. The maximum Gasteiger partial charge on any atom is 0.416 e. The molecular formula is C15H15F3N2O5S. The van der Waals surface area contributed by atoms with Crippen LogP contribution in [0.2, 0.25) is 0 Å². The highest BCUT2D eigenvalue weighted by Gasteiger charge is 2.34. The minimum absolute atomic E-state index is 0.000976. The molecule has 0 atom stereocenters. The lowest BCUT2D eigenvalue weighted by molar-refractivity contribution is -0.137. The maximum atomic E-state index is 12.8. The molecule has 2 rings (SSSR count). The molecule has 0 bridgehead atoms. The molecule has 0 aromatic heterocycles. The van der Waals surface area contributed by atoms with E-state index in [1.807, 2.05) is 0 Å². The number of piperazine rings is 1. The highest BCUT2D eigenvalue weighted by Crippen LogP contribution is 2.31. The minimum atomic E-state index is -4.66. The summed E-state index contributed by atoms with van der Waals surface area (Å²) in [5.41, 5.74) is -1.06. The van der Waals surface area contributed by atoms with Crippen molar-refractivity contribution in [1.82, 2.24) is 9.21 Å². The maximum absolute atomic E-state index is 12.8. The van der Waals surface area contributed by atoms with E-state index in [-0.39, 0.29) is 26.2 Å². The van der Waals surface area contributed by atoms with E-state index < -0.39 is 38.5 Å². The number of halogens is 3. The van der Waals surface area contributed by atoms with Crippen LogP contribution in [0.1, 0.15) is 5.56 Å². The molecule has 1 aromatic carbocycles. The molecule has 1 N–H and O–H groups in total. The Labute approximate surface area is 147 Å². The summed E-state index contributed by atoms with van der Waals surface area (Å²) >= 11 is 0. The van der Waals surface area contributed by atoms with Gasteiger partial charge in [-0.3, -0.25) is 4.79 Å². The molecule has 1 amide bonds. The van der Waals surface area contributed by atoms with Gasteiger partial charge in [0.05, 0.1) is 10.5 Å². The molecule has 26 heavy (non-hydrogen) atoms. The Kier molecular flexibility index (Phi) is 5.71. The van der Waals surface area contributed by atoms with Crippen molar-refractivity contribution in [1.29, 1.82) is 0 Å². The summed E-state index contributed by atoms with van der Waals surface area (Å²) in [7, 11) is -4.14. The first kappa shape index (κ1) is 19.9. The molecule has 0 radical (unpaired) electrons.